The molecule has 24 heavy (non-hydrogen) atoms. The summed E-state index contributed by atoms with van der Waals surface area (Å²) in [5, 5.41) is -0.509. The van der Waals surface area contributed by atoms with Crippen LogP contribution in [0.25, 0.3) is 5.82 Å². The molecule has 0 unspecified atom stereocenters. The monoisotopic (exact) mass is 439 g/mol. The van der Waals surface area contributed by atoms with E-state index >= 15 is 0 Å². The first-order chi connectivity index (χ1) is 10.7. The Balaban J connectivity index is 2.52. The summed E-state index contributed by atoms with van der Waals surface area (Å²) in [6.45, 7) is 1.18. The van der Waals surface area contributed by atoms with Gasteiger partial charge in [-0.05, 0) is 28.9 Å². The summed E-state index contributed by atoms with van der Waals surface area (Å²) in [6.07, 6.45) is -3.72. The Morgan fingerprint density at radius 2 is 1.71 bits per heavy atom. The quantitative estimate of drug-likeness (QED) is 0.477. The number of rotatable bonds is 3. The van der Waals surface area contributed by atoms with E-state index in [-0.39, 0.29) is 11.6 Å². The number of nitrogens with zero attached hydrogens (tertiary/aromatic N) is 3. The highest BCUT2D eigenvalue weighted by molar-refractivity contribution is 9.10. The van der Waals surface area contributed by atoms with Gasteiger partial charge in [0.1, 0.15) is 11.5 Å². The van der Waals surface area contributed by atoms with Gasteiger partial charge in [0, 0.05) is 12.4 Å². The van der Waals surface area contributed by atoms with E-state index in [4.69, 9.17) is 11.6 Å². The van der Waals surface area contributed by atoms with Gasteiger partial charge >= 0.3 is 16.9 Å². The van der Waals surface area contributed by atoms with E-state index < -0.39 is 33.2 Å². The molecular formula is C12H6BrClF7N3. The molecule has 0 atom stereocenters. The molecule has 0 saturated heterocycles. The zero-order chi connectivity index (χ0) is 18.5. The van der Waals surface area contributed by atoms with Gasteiger partial charge in [-0.2, -0.15) is 30.7 Å². The fourth-order valence-corrected chi connectivity index (χ4v) is 2.21. The first kappa shape index (κ1) is 19.0. The largest absolute Gasteiger partial charge is 0.417 e. The molecule has 0 aromatic carbocycles. The van der Waals surface area contributed by atoms with Crippen LogP contribution in [0.1, 0.15) is 17.1 Å². The number of alkyl halides is 8. The van der Waals surface area contributed by atoms with Crippen LogP contribution >= 0.6 is 27.5 Å². The van der Waals surface area contributed by atoms with Crippen LogP contribution in [-0.2, 0) is 12.1 Å². The number of hydrogen-bond donors (Lipinski definition) is 0. The van der Waals surface area contributed by atoms with Gasteiger partial charge in [-0.3, -0.25) is 4.57 Å². The number of pyridine rings is 1. The first-order valence-corrected chi connectivity index (χ1v) is 7.16. The molecule has 0 radical (unpaired) electrons. The summed E-state index contributed by atoms with van der Waals surface area (Å²) in [6, 6.07) is 0.542. The van der Waals surface area contributed by atoms with Crippen molar-refractivity contribution in [3.05, 3.63) is 40.6 Å². The molecule has 0 saturated carbocycles. The van der Waals surface area contributed by atoms with Gasteiger partial charge in [-0.1, -0.05) is 11.6 Å². The average Bonchev–Trinajstić information content (AvgIpc) is 2.79. The maximum Gasteiger partial charge on any atom is 0.417 e. The van der Waals surface area contributed by atoms with E-state index in [2.05, 4.69) is 9.97 Å². The predicted molar refractivity (Wildman–Crippen MR) is 73.9 cm³/mol. The lowest BCUT2D eigenvalue weighted by Crippen LogP contribution is -2.32. The molecule has 0 fully saturated rings. The second kappa shape index (κ2) is 5.87. The average molecular weight is 441 g/mol. The molecule has 0 amide bonds. The third kappa shape index (κ3) is 3.37. The fraction of sp³-hybridized carbons (Fsp3) is 0.333. The topological polar surface area (TPSA) is 30.7 Å². The Hall–Kier alpha value is -1.36. The highest BCUT2D eigenvalue weighted by Gasteiger charge is 2.57. The van der Waals surface area contributed by atoms with Crippen molar-refractivity contribution in [2.75, 3.05) is 0 Å². The molecule has 2 aromatic rings. The second-order valence-electron chi connectivity index (χ2n) is 4.64. The summed E-state index contributed by atoms with van der Waals surface area (Å²) < 4.78 is 91.6. The van der Waals surface area contributed by atoms with E-state index in [0.717, 1.165) is 4.57 Å². The minimum Gasteiger partial charge on any atom is -0.286 e. The van der Waals surface area contributed by atoms with Crippen LogP contribution in [0.3, 0.4) is 0 Å². The van der Waals surface area contributed by atoms with Gasteiger partial charge in [0.25, 0.3) is 0 Å². The van der Waals surface area contributed by atoms with Crippen LogP contribution in [-0.4, -0.2) is 19.4 Å². The molecule has 0 bridgehead atoms. The van der Waals surface area contributed by atoms with Gasteiger partial charge in [0.2, 0.25) is 0 Å². The number of hydrogen-bond acceptors (Lipinski definition) is 2. The third-order valence-electron chi connectivity index (χ3n) is 2.94. The van der Waals surface area contributed by atoms with Crippen LogP contribution in [0.5, 0.6) is 0 Å². The van der Waals surface area contributed by atoms with Crippen molar-refractivity contribution in [3.63, 3.8) is 0 Å². The van der Waals surface area contributed by atoms with E-state index in [1.165, 1.54) is 6.92 Å². The van der Waals surface area contributed by atoms with Crippen LogP contribution < -0.4 is 0 Å². The lowest BCUT2D eigenvalue weighted by Gasteiger charge is -2.19. The summed E-state index contributed by atoms with van der Waals surface area (Å²) in [5.74, 6) is -5.22. The van der Waals surface area contributed by atoms with Crippen molar-refractivity contribution < 1.29 is 30.7 Å². The van der Waals surface area contributed by atoms with Gasteiger partial charge in [0.15, 0.2) is 5.82 Å². The lowest BCUT2D eigenvalue weighted by atomic mass is 10.2. The van der Waals surface area contributed by atoms with Crippen molar-refractivity contribution in [2.24, 2.45) is 0 Å². The minimum atomic E-state index is -4.70. The first-order valence-electron chi connectivity index (χ1n) is 5.99. The van der Waals surface area contributed by atoms with Gasteiger partial charge in [0.05, 0.1) is 10.6 Å². The molecule has 2 heterocycles. The molecule has 12 heteroatoms. The Kier molecular flexibility index (Phi) is 4.64. The molecule has 2 rings (SSSR count). The summed E-state index contributed by atoms with van der Waals surface area (Å²) in [4.78, 5) is 2.21. The lowest BCUT2D eigenvalue weighted by molar-refractivity contribution is -0.156. The number of aryl methyl sites for hydroxylation is 1. The van der Waals surface area contributed by atoms with Crippen molar-refractivity contribution in [1.29, 1.82) is 0 Å². The molecule has 0 aliphatic carbocycles. The summed E-state index contributed by atoms with van der Waals surface area (Å²) in [7, 11) is 0. The van der Waals surface area contributed by atoms with Crippen molar-refractivity contribution >= 4 is 27.5 Å². The highest BCUT2D eigenvalue weighted by atomic mass is 79.9. The van der Waals surface area contributed by atoms with Crippen LogP contribution in [0.4, 0.5) is 30.7 Å². The van der Waals surface area contributed by atoms with Crippen LogP contribution in [0.2, 0.25) is 5.02 Å². The Morgan fingerprint density at radius 3 is 2.17 bits per heavy atom. The Morgan fingerprint density at radius 1 is 1.12 bits per heavy atom. The van der Waals surface area contributed by atoms with Crippen molar-refractivity contribution in [2.45, 2.75) is 23.9 Å². The molecule has 0 aliphatic heterocycles. The zero-order valence-electron chi connectivity index (χ0n) is 11.5. The molecule has 0 N–H and O–H groups in total. The fourth-order valence-electron chi connectivity index (χ4n) is 1.75. The van der Waals surface area contributed by atoms with Crippen LogP contribution in [0.15, 0.2) is 18.5 Å². The zero-order valence-corrected chi connectivity index (χ0v) is 13.8. The molecular weight excluding hydrogens is 434 g/mol. The second-order valence-corrected chi connectivity index (χ2v) is 6.05. The maximum absolute atomic E-state index is 13.6. The highest BCUT2D eigenvalue weighted by Crippen LogP contribution is 2.46. The summed E-state index contributed by atoms with van der Waals surface area (Å²) in [5.41, 5.74) is -2.44. The van der Waals surface area contributed by atoms with E-state index in [1.807, 2.05) is 0 Å². The minimum absolute atomic E-state index is 0.212. The molecule has 2 aromatic heterocycles. The van der Waals surface area contributed by atoms with E-state index in [9.17, 15) is 30.7 Å². The van der Waals surface area contributed by atoms with Crippen molar-refractivity contribution in [1.82, 2.24) is 14.5 Å². The molecule has 132 valence electrons. The van der Waals surface area contributed by atoms with Crippen molar-refractivity contribution in [3.8, 4) is 5.82 Å². The standard InChI is InChI=1S/C12H6BrClF7N3/c1-5-23-8(10(15,16)12(13,20)21)4-24(5)9-7(14)2-6(3-22-9)11(17,18)19/h2-4H,1H3. The maximum atomic E-state index is 13.6. The summed E-state index contributed by atoms with van der Waals surface area (Å²) >= 11 is 7.27. The van der Waals surface area contributed by atoms with E-state index in [0.29, 0.717) is 18.5 Å². The number of aromatic nitrogens is 3. The Labute approximate surface area is 143 Å². The predicted octanol–water partition coefficient (Wildman–Crippen LogP) is 5.33. The molecule has 0 spiro atoms. The smallest absolute Gasteiger partial charge is 0.286 e. The van der Waals surface area contributed by atoms with Gasteiger partial charge in [-0.15, -0.1) is 0 Å². The van der Waals surface area contributed by atoms with Gasteiger partial charge < -0.3 is 0 Å². The SMILES string of the molecule is Cc1nc(C(F)(F)C(F)(F)Br)cn1-c1ncc(C(F)(F)F)cc1Cl. The number of imidazole rings is 1. The normalized spacial score (nSPS) is 13.4. The third-order valence-corrected chi connectivity index (χ3v) is 3.71. The number of halogens is 9. The molecule has 0 aliphatic rings. The van der Waals surface area contributed by atoms with Gasteiger partial charge in [-0.25, -0.2) is 9.97 Å². The van der Waals surface area contributed by atoms with Crippen LogP contribution in [0, 0.1) is 6.92 Å². The Bertz CT molecular complexity index is 767. The molecule has 3 nitrogen and oxygen atoms in total. The van der Waals surface area contributed by atoms with E-state index in [1.54, 1.807) is 15.9 Å².